The van der Waals surface area contributed by atoms with E-state index in [-0.39, 0.29) is 11.7 Å². The molecule has 0 saturated carbocycles. The van der Waals surface area contributed by atoms with E-state index < -0.39 is 10.1 Å². The highest BCUT2D eigenvalue weighted by Crippen LogP contribution is 2.15. The summed E-state index contributed by atoms with van der Waals surface area (Å²) in [6.07, 6.45) is 0.961. The van der Waals surface area contributed by atoms with Gasteiger partial charge in [0.2, 0.25) is 0 Å². The zero-order valence-corrected chi connectivity index (χ0v) is 11.8. The average Bonchev–Trinajstić information content (AvgIpc) is 2.80. The molecular formula is C11H12N2O4S2. The van der Waals surface area contributed by atoms with E-state index in [9.17, 15) is 13.2 Å². The molecule has 0 aliphatic carbocycles. The van der Waals surface area contributed by atoms with Crippen LogP contribution in [0.1, 0.15) is 10.4 Å². The van der Waals surface area contributed by atoms with Crippen LogP contribution >= 0.6 is 11.8 Å². The zero-order valence-electron chi connectivity index (χ0n) is 10.1. The standard InChI is InChI=1S/C11H12N2O4S2/c1-19(15,16)17-9-4-2-8(3-5-9)10(14)13-11-12-6-7-18-11/h2-5H,6-7H2,1H3,(H,12,13,14). The number of amidine groups is 1. The highest BCUT2D eigenvalue weighted by molar-refractivity contribution is 8.14. The van der Waals surface area contributed by atoms with Gasteiger partial charge in [-0.3, -0.25) is 9.79 Å². The molecule has 0 spiro atoms. The summed E-state index contributed by atoms with van der Waals surface area (Å²) in [5.74, 6) is 0.766. The molecule has 1 N–H and O–H groups in total. The van der Waals surface area contributed by atoms with E-state index in [4.69, 9.17) is 0 Å². The van der Waals surface area contributed by atoms with Gasteiger partial charge in [0.05, 0.1) is 12.8 Å². The van der Waals surface area contributed by atoms with Gasteiger partial charge in [-0.1, -0.05) is 11.8 Å². The minimum absolute atomic E-state index is 0.173. The second-order valence-electron chi connectivity index (χ2n) is 3.80. The molecule has 1 heterocycles. The average molecular weight is 300 g/mol. The molecule has 1 aliphatic rings. The van der Waals surface area contributed by atoms with Gasteiger partial charge in [-0.05, 0) is 24.3 Å². The highest BCUT2D eigenvalue weighted by Gasteiger charge is 2.13. The van der Waals surface area contributed by atoms with Crippen LogP contribution in [-0.4, -0.2) is 38.0 Å². The number of hydrogen-bond donors (Lipinski definition) is 1. The summed E-state index contributed by atoms with van der Waals surface area (Å²) >= 11 is 1.49. The zero-order chi connectivity index (χ0) is 13.9. The van der Waals surface area contributed by atoms with E-state index in [0.29, 0.717) is 17.3 Å². The van der Waals surface area contributed by atoms with Crippen LogP contribution in [0, 0.1) is 0 Å². The first kappa shape index (κ1) is 13.9. The lowest BCUT2D eigenvalue weighted by Crippen LogP contribution is -2.27. The smallest absolute Gasteiger partial charge is 0.306 e. The molecule has 1 aromatic carbocycles. The molecule has 1 aliphatic heterocycles. The first-order valence-electron chi connectivity index (χ1n) is 5.42. The fourth-order valence-corrected chi connectivity index (χ4v) is 2.60. The van der Waals surface area contributed by atoms with Crippen molar-refractivity contribution in [1.29, 1.82) is 0 Å². The number of aliphatic imine (C=N–C) groups is 1. The third-order valence-corrected chi connectivity index (χ3v) is 3.56. The third kappa shape index (κ3) is 4.25. The second-order valence-corrected chi connectivity index (χ2v) is 6.46. The van der Waals surface area contributed by atoms with Crippen LogP contribution in [-0.2, 0) is 10.1 Å². The molecule has 6 nitrogen and oxygen atoms in total. The normalized spacial score (nSPS) is 14.9. The number of benzene rings is 1. The number of thioether (sulfide) groups is 1. The number of hydrogen-bond acceptors (Lipinski definition) is 6. The molecule has 0 atom stereocenters. The lowest BCUT2D eigenvalue weighted by molar-refractivity contribution is 0.0978. The molecule has 1 aromatic rings. The maximum absolute atomic E-state index is 11.8. The predicted molar refractivity (Wildman–Crippen MR) is 74.1 cm³/mol. The van der Waals surface area contributed by atoms with Crippen LogP contribution in [0.2, 0.25) is 0 Å². The fraction of sp³-hybridized carbons (Fsp3) is 0.273. The first-order valence-corrected chi connectivity index (χ1v) is 8.22. The minimum atomic E-state index is -3.55. The quantitative estimate of drug-likeness (QED) is 0.837. The molecule has 0 aromatic heterocycles. The maximum Gasteiger partial charge on any atom is 0.306 e. The molecule has 1 amide bonds. The number of carbonyl (C=O) groups excluding carboxylic acids is 1. The van der Waals surface area contributed by atoms with Crippen molar-refractivity contribution in [2.45, 2.75) is 0 Å². The van der Waals surface area contributed by atoms with Gasteiger partial charge < -0.3 is 9.50 Å². The lowest BCUT2D eigenvalue weighted by Gasteiger charge is -2.05. The Morgan fingerprint density at radius 1 is 1.37 bits per heavy atom. The number of rotatable bonds is 3. The van der Waals surface area contributed by atoms with Crippen LogP contribution in [0.15, 0.2) is 29.3 Å². The van der Waals surface area contributed by atoms with Crippen molar-refractivity contribution in [3.8, 4) is 5.75 Å². The second kappa shape index (κ2) is 5.62. The van der Waals surface area contributed by atoms with Gasteiger partial charge in [-0.25, -0.2) is 0 Å². The lowest BCUT2D eigenvalue weighted by atomic mass is 10.2. The molecule has 0 unspecified atom stereocenters. The van der Waals surface area contributed by atoms with E-state index in [1.54, 1.807) is 0 Å². The van der Waals surface area contributed by atoms with Gasteiger partial charge in [0.15, 0.2) is 5.17 Å². The number of carbonyl (C=O) groups is 1. The molecule has 0 bridgehead atoms. The van der Waals surface area contributed by atoms with E-state index in [0.717, 1.165) is 12.0 Å². The molecule has 2 rings (SSSR count). The predicted octanol–water partition coefficient (Wildman–Crippen LogP) is 0.858. The van der Waals surface area contributed by atoms with E-state index in [2.05, 4.69) is 14.5 Å². The van der Waals surface area contributed by atoms with E-state index >= 15 is 0 Å². The topological polar surface area (TPSA) is 84.8 Å². The van der Waals surface area contributed by atoms with Crippen LogP contribution in [0.4, 0.5) is 0 Å². The van der Waals surface area contributed by atoms with E-state index in [1.165, 1.54) is 36.0 Å². The summed E-state index contributed by atoms with van der Waals surface area (Å²) in [5, 5.41) is 3.29. The van der Waals surface area contributed by atoms with Crippen molar-refractivity contribution in [1.82, 2.24) is 5.32 Å². The summed E-state index contributed by atoms with van der Waals surface area (Å²) in [5.41, 5.74) is 0.413. The van der Waals surface area contributed by atoms with Crippen LogP contribution < -0.4 is 9.50 Å². The molecule has 0 radical (unpaired) electrons. The van der Waals surface area contributed by atoms with Gasteiger partial charge >= 0.3 is 10.1 Å². The summed E-state index contributed by atoms with van der Waals surface area (Å²) < 4.78 is 26.5. The maximum atomic E-state index is 11.8. The summed E-state index contributed by atoms with van der Waals surface area (Å²) in [4.78, 5) is 15.9. The minimum Gasteiger partial charge on any atom is -0.383 e. The molecule has 0 fully saturated rings. The van der Waals surface area contributed by atoms with Gasteiger partial charge in [-0.2, -0.15) is 8.42 Å². The van der Waals surface area contributed by atoms with Crippen molar-refractivity contribution in [2.24, 2.45) is 4.99 Å². The Morgan fingerprint density at radius 2 is 2.05 bits per heavy atom. The Labute approximate surface area is 115 Å². The van der Waals surface area contributed by atoms with Crippen molar-refractivity contribution >= 4 is 33.0 Å². The first-order chi connectivity index (χ1) is 8.94. The summed E-state index contributed by atoms with van der Waals surface area (Å²) in [6, 6.07) is 5.85. The van der Waals surface area contributed by atoms with Gasteiger partial charge in [-0.15, -0.1) is 0 Å². The Bertz CT molecular complexity index is 608. The van der Waals surface area contributed by atoms with Crippen molar-refractivity contribution in [3.63, 3.8) is 0 Å². The fourth-order valence-electron chi connectivity index (χ4n) is 1.42. The Morgan fingerprint density at radius 3 is 2.58 bits per heavy atom. The van der Waals surface area contributed by atoms with Gasteiger partial charge in [0.1, 0.15) is 5.75 Å². The van der Waals surface area contributed by atoms with Gasteiger partial charge in [0, 0.05) is 11.3 Å². The SMILES string of the molecule is CS(=O)(=O)Oc1ccc(C(=O)NC2=NCCS2)cc1. The van der Waals surface area contributed by atoms with Crippen molar-refractivity contribution in [2.75, 3.05) is 18.6 Å². The van der Waals surface area contributed by atoms with Crippen LogP contribution in [0.25, 0.3) is 0 Å². The molecule has 102 valence electrons. The summed E-state index contributed by atoms with van der Waals surface area (Å²) in [6.45, 7) is 0.710. The number of amides is 1. The number of nitrogens with one attached hydrogen (secondary N) is 1. The van der Waals surface area contributed by atoms with Gasteiger partial charge in [0.25, 0.3) is 5.91 Å². The molecular weight excluding hydrogens is 288 g/mol. The monoisotopic (exact) mass is 300 g/mol. The van der Waals surface area contributed by atoms with Crippen molar-refractivity contribution < 1.29 is 17.4 Å². The van der Waals surface area contributed by atoms with Crippen molar-refractivity contribution in [3.05, 3.63) is 29.8 Å². The van der Waals surface area contributed by atoms with E-state index in [1.807, 2.05) is 0 Å². The Hall–Kier alpha value is -1.54. The Balaban J connectivity index is 2.03. The third-order valence-electron chi connectivity index (χ3n) is 2.17. The van der Waals surface area contributed by atoms with Crippen LogP contribution in [0.3, 0.4) is 0 Å². The molecule has 8 heteroatoms. The molecule has 19 heavy (non-hydrogen) atoms. The molecule has 0 saturated heterocycles. The summed E-state index contributed by atoms with van der Waals surface area (Å²) in [7, 11) is -3.55. The Kier molecular flexibility index (Phi) is 4.11. The number of nitrogens with zero attached hydrogens (tertiary/aromatic N) is 1. The van der Waals surface area contributed by atoms with Crippen LogP contribution in [0.5, 0.6) is 5.75 Å². The largest absolute Gasteiger partial charge is 0.383 e. The highest BCUT2D eigenvalue weighted by atomic mass is 32.2.